The molecule has 20 heavy (non-hydrogen) atoms. The number of carbonyl (C=O) groups is 1. The van der Waals surface area contributed by atoms with Crippen LogP contribution in [0.2, 0.25) is 0 Å². The van der Waals surface area contributed by atoms with Crippen LogP contribution in [0.5, 0.6) is 0 Å². The number of furan rings is 1. The third-order valence-electron chi connectivity index (χ3n) is 3.65. The van der Waals surface area contributed by atoms with Gasteiger partial charge in [-0.05, 0) is 24.8 Å². The first-order valence-electron chi connectivity index (χ1n) is 7.11. The van der Waals surface area contributed by atoms with Gasteiger partial charge in [0, 0.05) is 18.5 Å². The lowest BCUT2D eigenvalue weighted by molar-refractivity contribution is -0.121. The summed E-state index contributed by atoms with van der Waals surface area (Å²) in [6.07, 6.45) is 3.61. The fourth-order valence-electron chi connectivity index (χ4n) is 2.85. The Bertz CT molecular complexity index is 503. The van der Waals surface area contributed by atoms with Gasteiger partial charge in [-0.15, -0.1) is 6.58 Å². The molecule has 1 unspecified atom stereocenters. The van der Waals surface area contributed by atoms with Gasteiger partial charge in [0.05, 0.1) is 12.6 Å². The summed E-state index contributed by atoms with van der Waals surface area (Å²) in [5, 5.41) is 6.13. The first-order valence-corrected chi connectivity index (χ1v) is 7.11. The predicted molar refractivity (Wildman–Crippen MR) is 79.5 cm³/mol. The number of fused-ring (bicyclic) bond motifs is 1. The average Bonchev–Trinajstić information content (AvgIpc) is 2.68. The summed E-state index contributed by atoms with van der Waals surface area (Å²) < 4.78 is 5.77. The third kappa shape index (κ3) is 3.51. The van der Waals surface area contributed by atoms with Crippen LogP contribution >= 0.6 is 0 Å². The van der Waals surface area contributed by atoms with Crippen LogP contribution in [0.4, 0.5) is 0 Å². The van der Waals surface area contributed by atoms with Gasteiger partial charge in [0.25, 0.3) is 0 Å². The summed E-state index contributed by atoms with van der Waals surface area (Å²) in [4.78, 5) is 12.0. The van der Waals surface area contributed by atoms with E-state index in [0.717, 1.165) is 29.9 Å². The highest BCUT2D eigenvalue weighted by Crippen LogP contribution is 2.41. The molecule has 1 aliphatic rings. The molecule has 0 spiro atoms. The maximum absolute atomic E-state index is 12.0. The van der Waals surface area contributed by atoms with Crippen LogP contribution in [0.15, 0.2) is 23.1 Å². The molecule has 1 aliphatic carbocycles. The van der Waals surface area contributed by atoms with Crippen LogP contribution in [-0.4, -0.2) is 19.0 Å². The quantitative estimate of drug-likeness (QED) is 0.642. The number of aryl methyl sites for hydroxylation is 1. The summed E-state index contributed by atoms with van der Waals surface area (Å²) in [7, 11) is 0. The summed E-state index contributed by atoms with van der Waals surface area (Å²) in [5.74, 6) is 1.94. The van der Waals surface area contributed by atoms with Crippen molar-refractivity contribution in [1.29, 1.82) is 0 Å². The molecule has 0 radical (unpaired) electrons. The van der Waals surface area contributed by atoms with E-state index in [1.807, 2.05) is 13.0 Å². The number of amides is 1. The summed E-state index contributed by atoms with van der Waals surface area (Å²) >= 11 is 0. The van der Waals surface area contributed by atoms with E-state index in [4.69, 9.17) is 4.42 Å². The molecule has 110 valence electrons. The van der Waals surface area contributed by atoms with Crippen molar-refractivity contribution >= 4 is 5.91 Å². The molecule has 0 fully saturated rings. The smallest absolute Gasteiger partial charge is 0.234 e. The van der Waals surface area contributed by atoms with Gasteiger partial charge in [0.15, 0.2) is 0 Å². The van der Waals surface area contributed by atoms with E-state index in [9.17, 15) is 4.79 Å². The molecular weight excluding hydrogens is 252 g/mol. The first-order chi connectivity index (χ1) is 9.41. The Labute approximate surface area is 120 Å². The van der Waals surface area contributed by atoms with E-state index in [1.54, 1.807) is 6.08 Å². The lowest BCUT2D eigenvalue weighted by Crippen LogP contribution is -2.40. The van der Waals surface area contributed by atoms with E-state index in [0.29, 0.717) is 13.1 Å². The molecule has 0 aliphatic heterocycles. The van der Waals surface area contributed by atoms with Gasteiger partial charge in [-0.1, -0.05) is 19.9 Å². The normalized spacial score (nSPS) is 20.2. The lowest BCUT2D eigenvalue weighted by Gasteiger charge is -2.34. The zero-order chi connectivity index (χ0) is 14.8. The monoisotopic (exact) mass is 276 g/mol. The molecular formula is C16H24N2O2. The second-order valence-corrected chi connectivity index (χ2v) is 6.32. The van der Waals surface area contributed by atoms with Gasteiger partial charge in [0.1, 0.15) is 11.5 Å². The highest BCUT2D eigenvalue weighted by molar-refractivity contribution is 5.78. The second-order valence-electron chi connectivity index (χ2n) is 6.32. The van der Waals surface area contributed by atoms with E-state index in [2.05, 4.69) is 31.1 Å². The van der Waals surface area contributed by atoms with Crippen molar-refractivity contribution in [2.24, 2.45) is 5.41 Å². The van der Waals surface area contributed by atoms with Crippen molar-refractivity contribution < 1.29 is 9.21 Å². The topological polar surface area (TPSA) is 54.3 Å². The lowest BCUT2D eigenvalue weighted by atomic mass is 9.74. The minimum atomic E-state index is 0.0133. The molecule has 1 amide bonds. The average molecular weight is 276 g/mol. The van der Waals surface area contributed by atoms with Crippen LogP contribution in [0.25, 0.3) is 0 Å². The molecule has 0 saturated carbocycles. The molecule has 1 aromatic heterocycles. The van der Waals surface area contributed by atoms with Crippen LogP contribution in [-0.2, 0) is 11.2 Å². The standard InChI is InChI=1S/C16H24N2O2/c1-5-6-17-10-15(19)18-13-8-16(3,4)9-14-12(13)7-11(2)20-14/h5,7,13,17H,1,6,8-10H2,2-4H3,(H,18,19). The molecule has 0 saturated heterocycles. The molecule has 1 aromatic rings. The number of nitrogens with one attached hydrogen (secondary N) is 2. The predicted octanol–water partition coefficient (Wildman–Crippen LogP) is 2.49. The van der Waals surface area contributed by atoms with Crippen LogP contribution in [0.3, 0.4) is 0 Å². The number of hydrogen-bond acceptors (Lipinski definition) is 3. The van der Waals surface area contributed by atoms with Gasteiger partial charge in [0.2, 0.25) is 5.91 Å². The Balaban J connectivity index is 2.07. The van der Waals surface area contributed by atoms with Crippen LogP contribution in [0.1, 0.15) is 43.4 Å². The fraction of sp³-hybridized carbons (Fsp3) is 0.562. The van der Waals surface area contributed by atoms with Gasteiger partial charge >= 0.3 is 0 Å². The molecule has 2 rings (SSSR count). The van der Waals surface area contributed by atoms with Gasteiger partial charge in [-0.25, -0.2) is 0 Å². The van der Waals surface area contributed by atoms with Crippen LogP contribution in [0, 0.1) is 12.3 Å². The largest absolute Gasteiger partial charge is 0.466 e. The molecule has 0 bridgehead atoms. The highest BCUT2D eigenvalue weighted by atomic mass is 16.3. The zero-order valence-electron chi connectivity index (χ0n) is 12.6. The minimum Gasteiger partial charge on any atom is -0.466 e. The van der Waals surface area contributed by atoms with Crippen molar-refractivity contribution in [2.75, 3.05) is 13.1 Å². The van der Waals surface area contributed by atoms with Crippen molar-refractivity contribution in [3.8, 4) is 0 Å². The van der Waals surface area contributed by atoms with E-state index in [1.165, 1.54) is 0 Å². The van der Waals surface area contributed by atoms with Gasteiger partial charge in [-0.3, -0.25) is 4.79 Å². The molecule has 1 atom stereocenters. The maximum atomic E-state index is 12.0. The van der Waals surface area contributed by atoms with Crippen molar-refractivity contribution in [3.63, 3.8) is 0 Å². The Kier molecular flexibility index (Phi) is 4.33. The summed E-state index contributed by atoms with van der Waals surface area (Å²) in [5.41, 5.74) is 1.28. The fourth-order valence-corrected chi connectivity index (χ4v) is 2.85. The van der Waals surface area contributed by atoms with Gasteiger partial charge < -0.3 is 15.1 Å². The van der Waals surface area contributed by atoms with Crippen molar-refractivity contribution in [3.05, 3.63) is 35.8 Å². The number of rotatable bonds is 5. The SMILES string of the molecule is C=CCNCC(=O)NC1CC(C)(C)Cc2oc(C)cc21. The highest BCUT2D eigenvalue weighted by Gasteiger charge is 2.35. The third-order valence-corrected chi connectivity index (χ3v) is 3.65. The molecule has 2 N–H and O–H groups in total. The number of carbonyl (C=O) groups excluding carboxylic acids is 1. The maximum Gasteiger partial charge on any atom is 0.234 e. The molecule has 0 aromatic carbocycles. The zero-order valence-corrected chi connectivity index (χ0v) is 12.6. The molecule has 1 heterocycles. The van der Waals surface area contributed by atoms with Gasteiger partial charge in [-0.2, -0.15) is 0 Å². The Morgan fingerprint density at radius 1 is 1.60 bits per heavy atom. The minimum absolute atomic E-state index is 0.0133. The van der Waals surface area contributed by atoms with Crippen molar-refractivity contribution in [1.82, 2.24) is 10.6 Å². The Morgan fingerprint density at radius 3 is 3.05 bits per heavy atom. The van der Waals surface area contributed by atoms with Crippen LogP contribution < -0.4 is 10.6 Å². The summed E-state index contributed by atoms with van der Waals surface area (Å²) in [6.45, 7) is 10.9. The summed E-state index contributed by atoms with van der Waals surface area (Å²) in [6, 6.07) is 2.09. The van der Waals surface area contributed by atoms with Crippen molar-refractivity contribution in [2.45, 2.75) is 39.7 Å². The Hall–Kier alpha value is -1.55. The van der Waals surface area contributed by atoms with E-state index < -0.39 is 0 Å². The van der Waals surface area contributed by atoms with E-state index in [-0.39, 0.29) is 17.4 Å². The Morgan fingerprint density at radius 2 is 2.35 bits per heavy atom. The number of hydrogen-bond donors (Lipinski definition) is 2. The molecule has 4 nitrogen and oxygen atoms in total. The molecule has 4 heteroatoms. The first kappa shape index (κ1) is 14.9. The second kappa shape index (κ2) is 5.83. The van der Waals surface area contributed by atoms with E-state index >= 15 is 0 Å².